The van der Waals surface area contributed by atoms with Crippen molar-refractivity contribution in [2.24, 2.45) is 0 Å². The molecule has 0 radical (unpaired) electrons. The van der Waals surface area contributed by atoms with Crippen molar-refractivity contribution in [1.29, 1.82) is 0 Å². The van der Waals surface area contributed by atoms with E-state index in [1.165, 1.54) is 24.0 Å². The number of ether oxygens (including phenoxy) is 1. The summed E-state index contributed by atoms with van der Waals surface area (Å²) in [5.74, 6) is 1.86. The zero-order chi connectivity index (χ0) is 13.7. The van der Waals surface area contributed by atoms with Crippen molar-refractivity contribution < 1.29 is 4.74 Å². The number of rotatable bonds is 7. The molecule has 0 amide bonds. The first-order valence-corrected chi connectivity index (χ1v) is 7.73. The molecule has 0 saturated heterocycles. The SMILES string of the molecule is Cc1ccc2c(c1)CC(CN(C)CCCCCCl)O2. The molecule has 0 saturated carbocycles. The lowest BCUT2D eigenvalue weighted by Crippen LogP contribution is -2.32. The summed E-state index contributed by atoms with van der Waals surface area (Å²) in [6.45, 7) is 4.28. The predicted octanol–water partition coefficient (Wildman–Crippen LogP) is 3.64. The molecule has 1 aliphatic rings. The molecule has 106 valence electrons. The van der Waals surface area contributed by atoms with Gasteiger partial charge in [0.05, 0.1) is 0 Å². The van der Waals surface area contributed by atoms with Gasteiger partial charge in [-0.15, -0.1) is 11.6 Å². The van der Waals surface area contributed by atoms with Gasteiger partial charge in [0.25, 0.3) is 0 Å². The maximum absolute atomic E-state index is 6.00. The van der Waals surface area contributed by atoms with E-state index in [2.05, 4.69) is 37.1 Å². The highest BCUT2D eigenvalue weighted by Gasteiger charge is 2.23. The molecule has 1 heterocycles. The average molecular weight is 282 g/mol. The number of alkyl halides is 1. The average Bonchev–Trinajstić information content (AvgIpc) is 2.76. The number of aryl methyl sites for hydroxylation is 1. The zero-order valence-electron chi connectivity index (χ0n) is 12.0. The van der Waals surface area contributed by atoms with Crippen molar-refractivity contribution in [1.82, 2.24) is 4.90 Å². The molecule has 0 aromatic heterocycles. The number of halogens is 1. The largest absolute Gasteiger partial charge is 0.488 e. The van der Waals surface area contributed by atoms with Crippen LogP contribution in [-0.2, 0) is 6.42 Å². The van der Waals surface area contributed by atoms with E-state index >= 15 is 0 Å². The van der Waals surface area contributed by atoms with Crippen LogP contribution in [0.1, 0.15) is 30.4 Å². The van der Waals surface area contributed by atoms with Gasteiger partial charge in [-0.1, -0.05) is 24.1 Å². The third-order valence-electron chi connectivity index (χ3n) is 3.65. The van der Waals surface area contributed by atoms with Crippen molar-refractivity contribution in [3.63, 3.8) is 0 Å². The lowest BCUT2D eigenvalue weighted by atomic mass is 10.1. The first kappa shape index (κ1) is 14.7. The molecule has 1 aromatic rings. The molecule has 0 aliphatic carbocycles. The standard InChI is InChI=1S/C16H24ClNO/c1-13-6-7-16-14(10-13)11-15(19-16)12-18(2)9-5-3-4-8-17/h6-7,10,15H,3-5,8-9,11-12H2,1-2H3. The summed E-state index contributed by atoms with van der Waals surface area (Å²) in [6.07, 6.45) is 4.93. The number of likely N-dealkylation sites (N-methyl/N-ethyl adjacent to an activating group) is 1. The molecule has 1 aromatic carbocycles. The Labute approximate surface area is 121 Å². The Balaban J connectivity index is 1.74. The summed E-state index contributed by atoms with van der Waals surface area (Å²) in [5, 5.41) is 0. The minimum atomic E-state index is 0.315. The van der Waals surface area contributed by atoms with Crippen molar-refractivity contribution in [2.45, 2.75) is 38.7 Å². The Morgan fingerprint density at radius 2 is 2.16 bits per heavy atom. The molecular formula is C16H24ClNO. The van der Waals surface area contributed by atoms with Crippen LogP contribution in [0.4, 0.5) is 0 Å². The number of unbranched alkanes of at least 4 members (excludes halogenated alkanes) is 2. The Morgan fingerprint density at radius 3 is 2.95 bits per heavy atom. The van der Waals surface area contributed by atoms with E-state index < -0.39 is 0 Å². The number of fused-ring (bicyclic) bond motifs is 1. The van der Waals surface area contributed by atoms with Crippen LogP contribution in [0.3, 0.4) is 0 Å². The van der Waals surface area contributed by atoms with Gasteiger partial charge in [-0.25, -0.2) is 0 Å². The number of hydrogen-bond acceptors (Lipinski definition) is 2. The molecule has 19 heavy (non-hydrogen) atoms. The van der Waals surface area contributed by atoms with Gasteiger partial charge in [-0.2, -0.15) is 0 Å². The lowest BCUT2D eigenvalue weighted by Gasteiger charge is -2.20. The molecule has 1 aliphatic heterocycles. The van der Waals surface area contributed by atoms with Gasteiger partial charge in [0.15, 0.2) is 0 Å². The van der Waals surface area contributed by atoms with Crippen molar-refractivity contribution >= 4 is 11.6 Å². The van der Waals surface area contributed by atoms with Gasteiger partial charge in [0.2, 0.25) is 0 Å². The summed E-state index contributed by atoms with van der Waals surface area (Å²) >= 11 is 5.69. The molecular weight excluding hydrogens is 258 g/mol. The van der Waals surface area contributed by atoms with Crippen molar-refractivity contribution in [3.8, 4) is 5.75 Å². The van der Waals surface area contributed by atoms with E-state index in [0.29, 0.717) is 6.10 Å². The maximum atomic E-state index is 6.00. The second kappa shape index (κ2) is 7.16. The van der Waals surface area contributed by atoms with E-state index in [1.807, 2.05) is 0 Å². The van der Waals surface area contributed by atoms with E-state index in [-0.39, 0.29) is 0 Å². The Kier molecular flexibility index (Phi) is 5.53. The molecule has 2 nitrogen and oxygen atoms in total. The Bertz CT molecular complexity index is 408. The van der Waals surface area contributed by atoms with Crippen LogP contribution < -0.4 is 4.74 Å². The summed E-state index contributed by atoms with van der Waals surface area (Å²) in [4.78, 5) is 2.37. The number of hydrogen-bond donors (Lipinski definition) is 0. The fraction of sp³-hybridized carbons (Fsp3) is 0.625. The summed E-state index contributed by atoms with van der Waals surface area (Å²) < 4.78 is 6.00. The molecule has 0 bridgehead atoms. The predicted molar refractivity (Wildman–Crippen MR) is 81.4 cm³/mol. The summed E-state index contributed by atoms with van der Waals surface area (Å²) in [5.41, 5.74) is 2.68. The van der Waals surface area contributed by atoms with Crippen LogP contribution in [-0.4, -0.2) is 37.0 Å². The quantitative estimate of drug-likeness (QED) is 0.559. The minimum Gasteiger partial charge on any atom is -0.488 e. The monoisotopic (exact) mass is 281 g/mol. The van der Waals surface area contributed by atoms with Crippen LogP contribution >= 0.6 is 11.6 Å². The van der Waals surface area contributed by atoms with Gasteiger partial charge in [-0.3, -0.25) is 0 Å². The first-order valence-electron chi connectivity index (χ1n) is 7.19. The molecule has 0 fully saturated rings. The highest BCUT2D eigenvalue weighted by Crippen LogP contribution is 2.29. The van der Waals surface area contributed by atoms with E-state index in [1.54, 1.807) is 0 Å². The highest BCUT2D eigenvalue weighted by atomic mass is 35.5. The third-order valence-corrected chi connectivity index (χ3v) is 3.91. The van der Waals surface area contributed by atoms with Gasteiger partial charge < -0.3 is 9.64 Å². The van der Waals surface area contributed by atoms with E-state index in [0.717, 1.165) is 37.6 Å². The summed E-state index contributed by atoms with van der Waals surface area (Å²) in [6, 6.07) is 6.47. The third kappa shape index (κ3) is 4.39. The zero-order valence-corrected chi connectivity index (χ0v) is 12.7. The lowest BCUT2D eigenvalue weighted by molar-refractivity contribution is 0.167. The minimum absolute atomic E-state index is 0.315. The van der Waals surface area contributed by atoms with Gasteiger partial charge in [0, 0.05) is 18.8 Å². The van der Waals surface area contributed by atoms with Crippen molar-refractivity contribution in [3.05, 3.63) is 29.3 Å². The van der Waals surface area contributed by atoms with Gasteiger partial charge >= 0.3 is 0 Å². The van der Waals surface area contributed by atoms with Crippen LogP contribution in [0.25, 0.3) is 0 Å². The highest BCUT2D eigenvalue weighted by molar-refractivity contribution is 6.17. The Morgan fingerprint density at radius 1 is 1.32 bits per heavy atom. The van der Waals surface area contributed by atoms with Crippen LogP contribution in [0.5, 0.6) is 5.75 Å². The second-order valence-electron chi connectivity index (χ2n) is 5.57. The topological polar surface area (TPSA) is 12.5 Å². The van der Waals surface area contributed by atoms with Crippen molar-refractivity contribution in [2.75, 3.05) is 26.0 Å². The van der Waals surface area contributed by atoms with Crippen LogP contribution in [0.2, 0.25) is 0 Å². The second-order valence-corrected chi connectivity index (χ2v) is 5.95. The molecule has 0 spiro atoms. The first-order chi connectivity index (χ1) is 9.19. The summed E-state index contributed by atoms with van der Waals surface area (Å²) in [7, 11) is 2.18. The molecule has 1 unspecified atom stereocenters. The molecule has 1 atom stereocenters. The van der Waals surface area contributed by atoms with Gasteiger partial charge in [0.1, 0.15) is 11.9 Å². The fourth-order valence-electron chi connectivity index (χ4n) is 2.64. The normalized spacial score (nSPS) is 17.6. The molecule has 2 rings (SSSR count). The van der Waals surface area contributed by atoms with E-state index in [9.17, 15) is 0 Å². The number of nitrogens with zero attached hydrogens (tertiary/aromatic N) is 1. The van der Waals surface area contributed by atoms with E-state index in [4.69, 9.17) is 16.3 Å². The fourth-order valence-corrected chi connectivity index (χ4v) is 2.83. The number of benzene rings is 1. The maximum Gasteiger partial charge on any atom is 0.123 e. The van der Waals surface area contributed by atoms with Crippen LogP contribution in [0, 0.1) is 6.92 Å². The van der Waals surface area contributed by atoms with Gasteiger partial charge in [-0.05, 0) is 45.0 Å². The molecule has 0 N–H and O–H groups in total. The molecule has 3 heteroatoms. The van der Waals surface area contributed by atoms with Crippen LogP contribution in [0.15, 0.2) is 18.2 Å². The smallest absolute Gasteiger partial charge is 0.123 e. The Hall–Kier alpha value is -0.730.